The van der Waals surface area contributed by atoms with Crippen LogP contribution in [-0.2, 0) is 25.8 Å². The minimum atomic E-state index is 0. The third kappa shape index (κ3) is 13.8. The zero-order valence-electron chi connectivity index (χ0n) is 2.78. The predicted octanol–water partition coefficient (Wildman–Crippen LogP) is -0.0375. The van der Waals surface area contributed by atoms with E-state index in [1.165, 1.54) is 0 Å². The Kier molecular flexibility index (Phi) is 20.3. The first-order chi connectivity index (χ1) is 1.41. The zero-order chi connectivity index (χ0) is 2.71. The normalized spacial score (nSPS) is 4.50. The smallest absolute Gasteiger partial charge is 0.331 e. The molecule has 0 amide bonds. The van der Waals surface area contributed by atoms with Crippen LogP contribution >= 0.6 is 0 Å². The van der Waals surface area contributed by atoms with Crippen molar-refractivity contribution in [2.75, 3.05) is 6.54 Å². The van der Waals surface area contributed by atoms with Gasteiger partial charge in [-0.2, -0.15) is 0 Å². The van der Waals surface area contributed by atoms with Crippen molar-refractivity contribution in [3.05, 3.63) is 0 Å². The molecule has 0 unspecified atom stereocenters. The van der Waals surface area contributed by atoms with Crippen molar-refractivity contribution in [3.8, 4) is 0 Å². The molecular weight excluding hydrogens is 217 g/mol. The molecule has 0 spiro atoms. The molecule has 0 atom stereocenters. The van der Waals surface area contributed by atoms with Crippen molar-refractivity contribution < 1.29 is 25.8 Å². The largest absolute Gasteiger partial charge is 4.00 e. The van der Waals surface area contributed by atoms with E-state index >= 15 is 0 Å². The molecule has 0 aromatic heterocycles. The molecule has 0 aliphatic heterocycles. The molecule has 4 heavy (non-hydrogen) atoms. The van der Waals surface area contributed by atoms with Crippen molar-refractivity contribution in [2.45, 2.75) is 6.92 Å². The second-order valence-electron chi connectivity index (χ2n) is 0.408. The summed E-state index contributed by atoms with van der Waals surface area (Å²) in [6.07, 6.45) is 0. The summed E-state index contributed by atoms with van der Waals surface area (Å²) in [4.78, 5) is 0. The second-order valence-corrected chi connectivity index (χ2v) is 0.408. The second kappa shape index (κ2) is 9.16. The van der Waals surface area contributed by atoms with E-state index in [0.29, 0.717) is 0 Å². The monoisotopic (exact) mass is 225 g/mol. The maximum absolute atomic E-state index is 4.85. The summed E-state index contributed by atoms with van der Waals surface area (Å²) in [5.74, 6) is 0. The molecule has 1 nitrogen and oxygen atoms in total. The fourth-order valence-electron chi connectivity index (χ4n) is 0. The number of hydrogen-bond donors (Lipinski definition) is 1. The van der Waals surface area contributed by atoms with Crippen LogP contribution in [0.1, 0.15) is 6.92 Å². The van der Waals surface area contributed by atoms with Crippen LogP contribution in [0.4, 0.5) is 0 Å². The number of rotatable bonds is 0. The minimum Gasteiger partial charge on any atom is -0.331 e. The SMILES string of the molecule is CCN.[Hf+4]. The van der Waals surface area contributed by atoms with Gasteiger partial charge in [0.2, 0.25) is 0 Å². The first kappa shape index (κ1) is 8.85. The Morgan fingerprint density at radius 1 is 1.75 bits per heavy atom. The molecule has 2 heteroatoms. The van der Waals surface area contributed by atoms with Gasteiger partial charge in [0, 0.05) is 0 Å². The van der Waals surface area contributed by atoms with E-state index in [2.05, 4.69) is 0 Å². The van der Waals surface area contributed by atoms with Crippen molar-refractivity contribution in [2.24, 2.45) is 5.73 Å². The van der Waals surface area contributed by atoms with E-state index in [1.54, 1.807) is 0 Å². The van der Waals surface area contributed by atoms with Crippen LogP contribution in [0, 0.1) is 0 Å². The van der Waals surface area contributed by atoms with E-state index in [0.717, 1.165) is 6.54 Å². The van der Waals surface area contributed by atoms with Gasteiger partial charge in [0.05, 0.1) is 0 Å². The van der Waals surface area contributed by atoms with Gasteiger partial charge in [-0.05, 0) is 6.54 Å². The van der Waals surface area contributed by atoms with Crippen molar-refractivity contribution >= 4 is 0 Å². The Bertz CT molecular complexity index is 6.00. The fraction of sp³-hybridized carbons (Fsp3) is 1.00. The van der Waals surface area contributed by atoms with Gasteiger partial charge in [0.15, 0.2) is 0 Å². The molecule has 0 aliphatic rings. The van der Waals surface area contributed by atoms with Gasteiger partial charge in [0.25, 0.3) is 0 Å². The Morgan fingerprint density at radius 2 is 1.75 bits per heavy atom. The van der Waals surface area contributed by atoms with Gasteiger partial charge < -0.3 is 5.73 Å². The van der Waals surface area contributed by atoms with Gasteiger partial charge in [-0.25, -0.2) is 0 Å². The quantitative estimate of drug-likeness (QED) is 0.573. The first-order valence-electron chi connectivity index (χ1n) is 1.12. The summed E-state index contributed by atoms with van der Waals surface area (Å²) >= 11 is 0. The summed E-state index contributed by atoms with van der Waals surface area (Å²) in [5, 5.41) is 0. The standard InChI is InChI=1S/C2H7N.Hf/c1-2-3;/h2-3H2,1H3;/q;+4. The Balaban J connectivity index is 0. The Hall–Kier alpha value is 0.830. The number of hydrogen-bond acceptors (Lipinski definition) is 1. The average molecular weight is 224 g/mol. The van der Waals surface area contributed by atoms with E-state index in [4.69, 9.17) is 5.73 Å². The average Bonchev–Trinajstić information content (AvgIpc) is 0.918. The van der Waals surface area contributed by atoms with Gasteiger partial charge in [-0.1, -0.05) is 6.92 Å². The molecule has 0 saturated heterocycles. The van der Waals surface area contributed by atoms with Crippen LogP contribution in [0.15, 0.2) is 0 Å². The van der Waals surface area contributed by atoms with Crippen molar-refractivity contribution in [3.63, 3.8) is 0 Å². The topological polar surface area (TPSA) is 26.0 Å². The summed E-state index contributed by atoms with van der Waals surface area (Å²) in [6, 6.07) is 0. The zero-order valence-corrected chi connectivity index (χ0v) is 6.38. The third-order valence-corrected chi connectivity index (χ3v) is 0. The van der Waals surface area contributed by atoms with Gasteiger partial charge >= 0.3 is 25.8 Å². The van der Waals surface area contributed by atoms with Gasteiger partial charge in [0.1, 0.15) is 0 Å². The first-order valence-corrected chi connectivity index (χ1v) is 1.12. The van der Waals surface area contributed by atoms with Crippen LogP contribution in [0.3, 0.4) is 0 Å². The van der Waals surface area contributed by atoms with Crippen LogP contribution in [0.2, 0.25) is 0 Å². The molecule has 0 fully saturated rings. The molecule has 0 aromatic carbocycles. The van der Waals surface area contributed by atoms with Crippen molar-refractivity contribution in [1.82, 2.24) is 0 Å². The molecule has 0 rings (SSSR count). The van der Waals surface area contributed by atoms with Gasteiger partial charge in [-0.15, -0.1) is 0 Å². The molecule has 0 saturated carbocycles. The molecule has 0 heterocycles. The summed E-state index contributed by atoms with van der Waals surface area (Å²) in [7, 11) is 0. The third-order valence-electron chi connectivity index (χ3n) is 0. The van der Waals surface area contributed by atoms with E-state index in [1.807, 2.05) is 6.92 Å². The summed E-state index contributed by atoms with van der Waals surface area (Å²) < 4.78 is 0. The maximum Gasteiger partial charge on any atom is 4.00 e. The fourth-order valence-corrected chi connectivity index (χ4v) is 0. The van der Waals surface area contributed by atoms with Crippen LogP contribution in [-0.4, -0.2) is 6.54 Å². The van der Waals surface area contributed by atoms with Crippen LogP contribution < -0.4 is 5.73 Å². The molecule has 0 aliphatic carbocycles. The van der Waals surface area contributed by atoms with Gasteiger partial charge in [-0.3, -0.25) is 0 Å². The Morgan fingerprint density at radius 3 is 1.75 bits per heavy atom. The molecule has 2 N–H and O–H groups in total. The molecule has 20 valence electrons. The van der Waals surface area contributed by atoms with Crippen molar-refractivity contribution in [1.29, 1.82) is 0 Å². The molecule has 0 bridgehead atoms. The van der Waals surface area contributed by atoms with Crippen LogP contribution in [0.25, 0.3) is 0 Å². The molecular formula is C2H7HfN+4. The minimum absolute atomic E-state index is 0. The molecule has 0 aromatic rings. The summed E-state index contributed by atoms with van der Waals surface area (Å²) in [5.41, 5.74) is 4.85. The van der Waals surface area contributed by atoms with Crippen LogP contribution in [0.5, 0.6) is 0 Å². The number of nitrogens with two attached hydrogens (primary N) is 1. The molecule has 0 radical (unpaired) electrons. The van der Waals surface area contributed by atoms with E-state index < -0.39 is 0 Å². The summed E-state index contributed by atoms with van der Waals surface area (Å²) in [6.45, 7) is 2.65. The predicted molar refractivity (Wildman–Crippen MR) is 14.7 cm³/mol. The van der Waals surface area contributed by atoms with E-state index in [-0.39, 0.29) is 25.8 Å². The maximum atomic E-state index is 4.85. The van der Waals surface area contributed by atoms with E-state index in [9.17, 15) is 0 Å². The Labute approximate surface area is 45.4 Å².